The van der Waals surface area contributed by atoms with Gasteiger partial charge in [0.2, 0.25) is 11.8 Å². The number of methoxy groups -OCH3 is 1. The largest absolute Gasteiger partial charge is 0.493 e. The monoisotopic (exact) mass is 642 g/mol. The first-order chi connectivity index (χ1) is 18.3. The number of hydrogen-bond acceptors (Lipinski definition) is 7. The van der Waals surface area contributed by atoms with Crippen LogP contribution in [-0.2, 0) is 9.59 Å². The van der Waals surface area contributed by atoms with Crippen molar-refractivity contribution in [1.82, 2.24) is 10.2 Å². The lowest BCUT2D eigenvalue weighted by molar-refractivity contribution is -0.143. The Hall–Kier alpha value is -2.18. The van der Waals surface area contributed by atoms with Crippen LogP contribution in [0.15, 0.2) is 23.8 Å². The van der Waals surface area contributed by atoms with Gasteiger partial charge in [0.05, 0.1) is 23.3 Å². The second-order valence-electron chi connectivity index (χ2n) is 9.86. The van der Waals surface area contributed by atoms with Crippen molar-refractivity contribution in [3.8, 4) is 11.5 Å². The molecule has 210 valence electrons. The summed E-state index contributed by atoms with van der Waals surface area (Å²) in [5.41, 5.74) is 0.812. The predicted octanol–water partition coefficient (Wildman–Crippen LogP) is 3.38. The van der Waals surface area contributed by atoms with E-state index in [1.165, 1.54) is 7.11 Å². The summed E-state index contributed by atoms with van der Waals surface area (Å²) in [6.07, 6.45) is 7.35. The molecule has 9 nitrogen and oxygen atoms in total. The number of carbonyl (C=O) groups is 3. The molecule has 0 aliphatic heterocycles. The molecule has 0 aromatic heterocycles. The van der Waals surface area contributed by atoms with E-state index in [0.717, 1.165) is 44.9 Å². The molecule has 1 saturated carbocycles. The molecule has 0 unspecified atom stereocenters. The van der Waals surface area contributed by atoms with Gasteiger partial charge in [-0.05, 0) is 60.1 Å². The van der Waals surface area contributed by atoms with Crippen LogP contribution in [0.2, 0.25) is 0 Å². The fraction of sp³-hybridized carbons (Fsp3) is 0.607. The van der Waals surface area contributed by atoms with E-state index in [0.29, 0.717) is 38.9 Å². The van der Waals surface area contributed by atoms with Crippen LogP contribution in [0.25, 0.3) is 0 Å². The first-order valence-corrected chi connectivity index (χ1v) is 14.5. The highest BCUT2D eigenvalue weighted by atomic mass is 127. The standard InChI is InChI=1S/C28H39IN2O7/c1-3-4-10-25(34)31(20-8-6-5-7-9-20)22-15-19(28(36)30-11-12-32)16-23(26(22)35)38-27-21(29)13-18(17-33)14-24(27)37-2/h13-14,16-17,20,22-23,26,32,35H,3-12,15H2,1-2H3,(H,30,36)/t22-,23+,26+/m1/s1. The lowest BCUT2D eigenvalue weighted by Crippen LogP contribution is -2.58. The molecular weight excluding hydrogens is 603 g/mol. The molecule has 3 atom stereocenters. The molecule has 1 aromatic rings. The number of ether oxygens (including phenoxy) is 2. The van der Waals surface area contributed by atoms with Crippen LogP contribution in [-0.4, -0.2) is 77.8 Å². The molecule has 1 fully saturated rings. The minimum atomic E-state index is -1.09. The zero-order valence-corrected chi connectivity index (χ0v) is 24.3. The highest BCUT2D eigenvalue weighted by Crippen LogP contribution is 2.38. The molecule has 0 bridgehead atoms. The zero-order chi connectivity index (χ0) is 27.7. The molecular formula is C28H39IN2O7. The minimum absolute atomic E-state index is 0.00481. The van der Waals surface area contributed by atoms with Gasteiger partial charge in [-0.3, -0.25) is 14.4 Å². The van der Waals surface area contributed by atoms with E-state index in [4.69, 9.17) is 9.47 Å². The van der Waals surface area contributed by atoms with E-state index >= 15 is 0 Å². The zero-order valence-electron chi connectivity index (χ0n) is 22.2. The molecule has 0 spiro atoms. The van der Waals surface area contributed by atoms with Crippen molar-refractivity contribution in [3.05, 3.63) is 32.9 Å². The van der Waals surface area contributed by atoms with Gasteiger partial charge in [-0.2, -0.15) is 0 Å². The molecule has 3 N–H and O–H groups in total. The minimum Gasteiger partial charge on any atom is -0.493 e. The van der Waals surface area contributed by atoms with Gasteiger partial charge in [0, 0.05) is 36.6 Å². The van der Waals surface area contributed by atoms with Gasteiger partial charge in [-0.15, -0.1) is 0 Å². The van der Waals surface area contributed by atoms with Crippen molar-refractivity contribution in [1.29, 1.82) is 0 Å². The van der Waals surface area contributed by atoms with Gasteiger partial charge >= 0.3 is 0 Å². The number of unbranched alkanes of at least 4 members (excludes halogenated alkanes) is 1. The normalized spacial score (nSPS) is 21.8. The van der Waals surface area contributed by atoms with Gasteiger partial charge in [0.25, 0.3) is 0 Å². The van der Waals surface area contributed by atoms with E-state index in [1.54, 1.807) is 18.2 Å². The number of rotatable bonds is 12. The average Bonchev–Trinajstić information content (AvgIpc) is 2.93. The summed E-state index contributed by atoms with van der Waals surface area (Å²) in [5, 5.41) is 23.6. The van der Waals surface area contributed by atoms with Crippen LogP contribution in [0.5, 0.6) is 11.5 Å². The van der Waals surface area contributed by atoms with Crippen molar-refractivity contribution in [3.63, 3.8) is 0 Å². The van der Waals surface area contributed by atoms with Crippen LogP contribution in [0.4, 0.5) is 0 Å². The van der Waals surface area contributed by atoms with Crippen molar-refractivity contribution < 1.29 is 34.1 Å². The summed E-state index contributed by atoms with van der Waals surface area (Å²) < 4.78 is 12.4. The Labute approximate surface area is 238 Å². The van der Waals surface area contributed by atoms with Crippen molar-refractivity contribution >= 4 is 40.7 Å². The number of aldehydes is 1. The van der Waals surface area contributed by atoms with E-state index in [2.05, 4.69) is 5.32 Å². The van der Waals surface area contributed by atoms with Crippen molar-refractivity contribution in [2.24, 2.45) is 0 Å². The average molecular weight is 643 g/mol. The number of halogens is 1. The lowest BCUT2D eigenvalue weighted by atomic mass is 9.85. The fourth-order valence-electron chi connectivity index (χ4n) is 5.28. The number of amides is 2. The highest BCUT2D eigenvalue weighted by Gasteiger charge is 2.43. The molecule has 3 rings (SSSR count). The number of nitrogens with one attached hydrogen (secondary N) is 1. The molecule has 0 radical (unpaired) electrons. The van der Waals surface area contributed by atoms with Crippen molar-refractivity contribution in [2.45, 2.75) is 89.0 Å². The van der Waals surface area contributed by atoms with Crippen molar-refractivity contribution in [2.75, 3.05) is 20.3 Å². The van der Waals surface area contributed by atoms with E-state index < -0.39 is 18.2 Å². The quantitative estimate of drug-likeness (QED) is 0.236. The Bertz CT molecular complexity index is 1010. The summed E-state index contributed by atoms with van der Waals surface area (Å²) in [6, 6.07) is 2.55. The fourth-order valence-corrected chi connectivity index (χ4v) is 6.03. The first kappa shape index (κ1) is 30.4. The highest BCUT2D eigenvalue weighted by molar-refractivity contribution is 14.1. The second-order valence-corrected chi connectivity index (χ2v) is 11.0. The number of aliphatic hydroxyl groups excluding tert-OH is 2. The van der Waals surface area contributed by atoms with Gasteiger partial charge < -0.3 is 29.9 Å². The Kier molecular flexibility index (Phi) is 11.9. The van der Waals surface area contributed by atoms with Gasteiger partial charge in [-0.1, -0.05) is 32.6 Å². The number of benzene rings is 1. The molecule has 2 aliphatic rings. The Morgan fingerprint density at radius 2 is 1.97 bits per heavy atom. The van der Waals surface area contributed by atoms with Gasteiger partial charge in [0.1, 0.15) is 18.5 Å². The van der Waals surface area contributed by atoms with Crippen LogP contribution >= 0.6 is 22.6 Å². The van der Waals surface area contributed by atoms with Crippen LogP contribution in [0.1, 0.15) is 75.1 Å². The first-order valence-electron chi connectivity index (χ1n) is 13.4. The molecule has 10 heteroatoms. The smallest absolute Gasteiger partial charge is 0.247 e. The number of nitrogens with zero attached hydrogens (tertiary/aromatic N) is 1. The number of hydrogen-bond donors (Lipinski definition) is 3. The maximum absolute atomic E-state index is 13.6. The second kappa shape index (κ2) is 14.8. The predicted molar refractivity (Wildman–Crippen MR) is 151 cm³/mol. The summed E-state index contributed by atoms with van der Waals surface area (Å²) >= 11 is 2.04. The van der Waals surface area contributed by atoms with Gasteiger partial charge in [0.15, 0.2) is 11.5 Å². The summed E-state index contributed by atoms with van der Waals surface area (Å²) in [6.45, 7) is 1.93. The Balaban J connectivity index is 2.01. The molecule has 0 saturated heterocycles. The van der Waals surface area contributed by atoms with Crippen LogP contribution in [0.3, 0.4) is 0 Å². The molecule has 0 heterocycles. The summed E-state index contributed by atoms with van der Waals surface area (Å²) in [7, 11) is 1.47. The third-order valence-electron chi connectivity index (χ3n) is 7.21. The van der Waals surface area contributed by atoms with Crippen LogP contribution < -0.4 is 14.8 Å². The SMILES string of the molecule is CCCCC(=O)N(C1CCCCC1)[C@@H]1CC(C(=O)NCCO)=C[C@H](Oc2c(I)cc(C=O)cc2OC)[C@H]1O. The summed E-state index contributed by atoms with van der Waals surface area (Å²) in [4.78, 5) is 39.8. The maximum Gasteiger partial charge on any atom is 0.247 e. The number of aliphatic hydroxyl groups is 2. The molecule has 1 aromatic carbocycles. The third-order valence-corrected chi connectivity index (χ3v) is 8.01. The Morgan fingerprint density at radius 3 is 2.61 bits per heavy atom. The number of carbonyl (C=O) groups excluding carboxylic acids is 3. The van der Waals surface area contributed by atoms with E-state index in [-0.39, 0.29) is 37.4 Å². The van der Waals surface area contributed by atoms with E-state index in [1.807, 2.05) is 34.4 Å². The van der Waals surface area contributed by atoms with Gasteiger partial charge in [-0.25, -0.2) is 0 Å². The van der Waals surface area contributed by atoms with Crippen LogP contribution in [0, 0.1) is 3.57 Å². The lowest BCUT2D eigenvalue weighted by Gasteiger charge is -2.45. The topological polar surface area (TPSA) is 125 Å². The summed E-state index contributed by atoms with van der Waals surface area (Å²) in [5.74, 6) is 0.292. The third kappa shape index (κ3) is 7.47. The molecule has 2 amide bonds. The van der Waals surface area contributed by atoms with E-state index in [9.17, 15) is 24.6 Å². The molecule has 2 aliphatic carbocycles. The molecule has 38 heavy (non-hydrogen) atoms. The Morgan fingerprint density at radius 1 is 1.24 bits per heavy atom. The maximum atomic E-state index is 13.6.